The molecule has 0 spiro atoms. The van der Waals surface area contributed by atoms with Crippen molar-refractivity contribution in [3.8, 4) is 0 Å². The van der Waals surface area contributed by atoms with Crippen LogP contribution in [0.4, 0.5) is 0 Å². The van der Waals surface area contributed by atoms with Crippen LogP contribution in [0.3, 0.4) is 0 Å². The van der Waals surface area contributed by atoms with Crippen LogP contribution < -0.4 is 5.73 Å². The molecule has 2 N–H and O–H groups in total. The zero-order chi connectivity index (χ0) is 10.9. The summed E-state index contributed by atoms with van der Waals surface area (Å²) >= 11 is 0. The molecule has 0 aromatic rings. The van der Waals surface area contributed by atoms with Gasteiger partial charge in [-0.25, -0.2) is 0 Å². The smallest absolute Gasteiger partial charge is 0.230 e. The van der Waals surface area contributed by atoms with E-state index < -0.39 is 0 Å². The van der Waals surface area contributed by atoms with E-state index in [1.807, 2.05) is 0 Å². The zero-order valence-electron chi connectivity index (χ0n) is 9.67. The molecule has 15 heavy (non-hydrogen) atoms. The Morgan fingerprint density at radius 2 is 2.07 bits per heavy atom. The summed E-state index contributed by atoms with van der Waals surface area (Å²) in [5, 5.41) is 0. The van der Waals surface area contributed by atoms with E-state index in [1.165, 1.54) is 12.8 Å². The largest absolute Gasteiger partial charge is 0.339 e. The normalized spacial score (nSPS) is 29.7. The predicted octanol–water partition coefficient (Wildman–Crippen LogP) is 1.52. The Morgan fingerprint density at radius 1 is 1.40 bits per heavy atom. The van der Waals surface area contributed by atoms with Crippen LogP contribution in [0.5, 0.6) is 0 Å². The Labute approximate surface area is 92.0 Å². The van der Waals surface area contributed by atoms with Gasteiger partial charge in [0.1, 0.15) is 0 Å². The summed E-state index contributed by atoms with van der Waals surface area (Å²) in [5.41, 5.74) is 5.64. The summed E-state index contributed by atoms with van der Waals surface area (Å²) < 4.78 is 0. The van der Waals surface area contributed by atoms with Crippen molar-refractivity contribution in [1.82, 2.24) is 4.90 Å². The van der Waals surface area contributed by atoms with Crippen LogP contribution in [0.25, 0.3) is 0 Å². The minimum Gasteiger partial charge on any atom is -0.339 e. The van der Waals surface area contributed by atoms with Crippen molar-refractivity contribution in [2.45, 2.75) is 51.5 Å². The highest BCUT2D eigenvalue weighted by Gasteiger charge is 2.44. The number of nitrogens with two attached hydrogens (primary N) is 1. The third-order valence-corrected chi connectivity index (χ3v) is 4.22. The average Bonchev–Trinajstić information content (AvgIpc) is 2.86. The van der Waals surface area contributed by atoms with Crippen LogP contribution in [0.2, 0.25) is 0 Å². The van der Waals surface area contributed by atoms with Gasteiger partial charge < -0.3 is 10.6 Å². The SMILES string of the molecule is CC1CCCN1C(=O)C1(CN)CCCC1. The molecule has 1 saturated heterocycles. The number of rotatable bonds is 2. The molecule has 0 aromatic carbocycles. The average molecular weight is 210 g/mol. The van der Waals surface area contributed by atoms with E-state index in [-0.39, 0.29) is 5.41 Å². The number of carbonyl (C=O) groups excluding carboxylic acids is 1. The summed E-state index contributed by atoms with van der Waals surface area (Å²) in [4.78, 5) is 14.5. The lowest BCUT2D eigenvalue weighted by molar-refractivity contribution is -0.142. The van der Waals surface area contributed by atoms with Gasteiger partial charge in [-0.1, -0.05) is 12.8 Å². The molecule has 2 rings (SSSR count). The number of carbonyl (C=O) groups is 1. The maximum atomic E-state index is 12.5. The van der Waals surface area contributed by atoms with Gasteiger partial charge in [0.2, 0.25) is 5.91 Å². The number of nitrogens with zero attached hydrogens (tertiary/aromatic N) is 1. The Hall–Kier alpha value is -0.570. The van der Waals surface area contributed by atoms with Gasteiger partial charge in [-0.15, -0.1) is 0 Å². The van der Waals surface area contributed by atoms with E-state index in [0.29, 0.717) is 18.5 Å². The van der Waals surface area contributed by atoms with Crippen LogP contribution in [0, 0.1) is 5.41 Å². The lowest BCUT2D eigenvalue weighted by Crippen LogP contribution is -2.47. The van der Waals surface area contributed by atoms with Crippen molar-refractivity contribution in [3.63, 3.8) is 0 Å². The van der Waals surface area contributed by atoms with Crippen LogP contribution >= 0.6 is 0 Å². The first-order chi connectivity index (χ1) is 7.19. The Balaban J connectivity index is 2.11. The molecule has 2 aliphatic rings. The van der Waals surface area contributed by atoms with Gasteiger partial charge in [0.25, 0.3) is 0 Å². The predicted molar refractivity (Wildman–Crippen MR) is 60.4 cm³/mol. The van der Waals surface area contributed by atoms with E-state index in [1.54, 1.807) is 0 Å². The highest BCUT2D eigenvalue weighted by atomic mass is 16.2. The lowest BCUT2D eigenvalue weighted by Gasteiger charge is -2.33. The topological polar surface area (TPSA) is 46.3 Å². The maximum absolute atomic E-state index is 12.5. The molecule has 0 bridgehead atoms. The van der Waals surface area contributed by atoms with Gasteiger partial charge in [0, 0.05) is 19.1 Å². The van der Waals surface area contributed by atoms with Crippen molar-refractivity contribution < 1.29 is 4.79 Å². The molecule has 1 aliphatic carbocycles. The van der Waals surface area contributed by atoms with Crippen LogP contribution in [-0.4, -0.2) is 29.9 Å². The summed E-state index contributed by atoms with van der Waals surface area (Å²) in [7, 11) is 0. The van der Waals surface area contributed by atoms with Crippen molar-refractivity contribution in [3.05, 3.63) is 0 Å². The standard InChI is InChI=1S/C12H22N2O/c1-10-5-4-8-14(10)11(15)12(9-13)6-2-3-7-12/h10H,2-9,13H2,1H3. The molecular formula is C12H22N2O. The lowest BCUT2D eigenvalue weighted by atomic mass is 9.84. The third-order valence-electron chi connectivity index (χ3n) is 4.22. The van der Waals surface area contributed by atoms with Crippen LogP contribution in [0.1, 0.15) is 45.4 Å². The van der Waals surface area contributed by atoms with E-state index >= 15 is 0 Å². The Morgan fingerprint density at radius 3 is 2.53 bits per heavy atom. The zero-order valence-corrected chi connectivity index (χ0v) is 9.67. The van der Waals surface area contributed by atoms with Gasteiger partial charge in [-0.3, -0.25) is 4.79 Å². The fourth-order valence-electron chi connectivity index (χ4n) is 3.10. The highest BCUT2D eigenvalue weighted by Crippen LogP contribution is 2.40. The Kier molecular flexibility index (Phi) is 3.01. The maximum Gasteiger partial charge on any atom is 0.230 e. The van der Waals surface area contributed by atoms with E-state index in [4.69, 9.17) is 5.73 Å². The minimum absolute atomic E-state index is 0.196. The van der Waals surface area contributed by atoms with Gasteiger partial charge in [0.15, 0.2) is 0 Å². The second kappa shape index (κ2) is 4.12. The summed E-state index contributed by atoms with van der Waals surface area (Å²) in [6, 6.07) is 0.432. The molecule has 0 aromatic heterocycles. The molecule has 3 nitrogen and oxygen atoms in total. The molecule has 0 radical (unpaired) electrons. The summed E-state index contributed by atoms with van der Waals surface area (Å²) in [6.07, 6.45) is 6.67. The molecular weight excluding hydrogens is 188 g/mol. The molecule has 2 fully saturated rings. The fourth-order valence-corrected chi connectivity index (χ4v) is 3.10. The van der Waals surface area contributed by atoms with E-state index in [9.17, 15) is 4.79 Å². The van der Waals surface area contributed by atoms with Crippen LogP contribution in [0.15, 0.2) is 0 Å². The molecule has 86 valence electrons. The molecule has 3 heteroatoms. The molecule has 1 saturated carbocycles. The first-order valence-corrected chi connectivity index (χ1v) is 6.21. The Bertz CT molecular complexity index is 246. The molecule has 1 unspecified atom stereocenters. The van der Waals surface area contributed by atoms with Crippen molar-refractivity contribution in [2.24, 2.45) is 11.1 Å². The summed E-state index contributed by atoms with van der Waals surface area (Å²) in [6.45, 7) is 3.64. The van der Waals surface area contributed by atoms with Crippen molar-refractivity contribution >= 4 is 5.91 Å². The number of hydrogen-bond acceptors (Lipinski definition) is 2. The number of amides is 1. The quantitative estimate of drug-likeness (QED) is 0.751. The molecule has 1 atom stereocenters. The second-order valence-electron chi connectivity index (χ2n) is 5.18. The minimum atomic E-state index is -0.196. The van der Waals surface area contributed by atoms with Crippen molar-refractivity contribution in [2.75, 3.05) is 13.1 Å². The van der Waals surface area contributed by atoms with Crippen LogP contribution in [-0.2, 0) is 4.79 Å². The third kappa shape index (κ3) is 1.78. The molecule has 1 heterocycles. The highest BCUT2D eigenvalue weighted by molar-refractivity contribution is 5.83. The van der Waals surface area contributed by atoms with Gasteiger partial charge >= 0.3 is 0 Å². The number of hydrogen-bond donors (Lipinski definition) is 1. The first kappa shape index (κ1) is 10.9. The van der Waals surface area contributed by atoms with Gasteiger partial charge in [0.05, 0.1) is 5.41 Å². The fraction of sp³-hybridized carbons (Fsp3) is 0.917. The second-order valence-corrected chi connectivity index (χ2v) is 5.18. The number of likely N-dealkylation sites (tertiary alicyclic amines) is 1. The van der Waals surface area contributed by atoms with Gasteiger partial charge in [-0.2, -0.15) is 0 Å². The summed E-state index contributed by atoms with van der Waals surface area (Å²) in [5.74, 6) is 0.340. The molecule has 1 aliphatic heterocycles. The van der Waals surface area contributed by atoms with Gasteiger partial charge in [-0.05, 0) is 32.6 Å². The van der Waals surface area contributed by atoms with Crippen molar-refractivity contribution in [1.29, 1.82) is 0 Å². The van der Waals surface area contributed by atoms with E-state index in [2.05, 4.69) is 11.8 Å². The first-order valence-electron chi connectivity index (χ1n) is 6.21. The molecule has 1 amide bonds. The van der Waals surface area contributed by atoms with E-state index in [0.717, 1.165) is 32.2 Å². The monoisotopic (exact) mass is 210 g/mol.